The lowest BCUT2D eigenvalue weighted by molar-refractivity contribution is 0.0673. The molecule has 0 saturated heterocycles. The highest BCUT2D eigenvalue weighted by atomic mass is 16.6. The number of rotatable bonds is 6. The Labute approximate surface area is 126 Å². The van der Waals surface area contributed by atoms with Crippen molar-refractivity contribution >= 4 is 12.2 Å². The standard InChI is InChI=1S/2C6H13NO3.CH4/c1-5(3-8)4-10-6(9)7-2;1-3-5(8)4-10-6(9)7-2;/h2*5,8H,3-4H2,1-2H3,(H,7,9);1H4. The third kappa shape index (κ3) is 18.5. The SMILES string of the molecule is C.CCC(O)COC(=O)NC.CNC(=O)OCC(C)CO. The number of ether oxygens (including phenoxy) is 2. The summed E-state index contributed by atoms with van der Waals surface area (Å²) in [6.07, 6.45) is -0.915. The minimum Gasteiger partial charge on any atom is -0.449 e. The van der Waals surface area contributed by atoms with E-state index in [-0.39, 0.29) is 33.2 Å². The van der Waals surface area contributed by atoms with E-state index in [9.17, 15) is 9.59 Å². The van der Waals surface area contributed by atoms with E-state index >= 15 is 0 Å². The fourth-order valence-corrected chi connectivity index (χ4v) is 0.705. The van der Waals surface area contributed by atoms with Crippen molar-refractivity contribution in [1.29, 1.82) is 0 Å². The van der Waals surface area contributed by atoms with Gasteiger partial charge in [0, 0.05) is 26.6 Å². The highest BCUT2D eigenvalue weighted by molar-refractivity contribution is 5.66. The second kappa shape index (κ2) is 16.5. The first-order valence-electron chi connectivity index (χ1n) is 6.39. The number of aliphatic hydroxyl groups is 2. The number of hydrogen-bond acceptors (Lipinski definition) is 6. The van der Waals surface area contributed by atoms with Crippen molar-refractivity contribution < 1.29 is 29.3 Å². The first kappa shape index (κ1) is 24.5. The summed E-state index contributed by atoms with van der Waals surface area (Å²) in [7, 11) is 2.96. The number of nitrogens with one attached hydrogen (secondary N) is 2. The number of carbonyl (C=O) groups excluding carboxylic acids is 2. The Bertz CT molecular complexity index is 237. The summed E-state index contributed by atoms with van der Waals surface area (Å²) in [5.41, 5.74) is 0. The molecule has 0 aromatic heterocycles. The van der Waals surface area contributed by atoms with Crippen molar-refractivity contribution in [2.75, 3.05) is 33.9 Å². The monoisotopic (exact) mass is 310 g/mol. The molecular formula is C13H30N2O6. The third-order valence-corrected chi connectivity index (χ3v) is 2.10. The fraction of sp³-hybridized carbons (Fsp3) is 0.846. The lowest BCUT2D eigenvalue weighted by Crippen LogP contribution is -2.24. The molecule has 0 aliphatic rings. The van der Waals surface area contributed by atoms with Crippen LogP contribution in [0.5, 0.6) is 0 Å². The molecule has 0 heterocycles. The number of hydrogen-bond donors (Lipinski definition) is 4. The van der Waals surface area contributed by atoms with Gasteiger partial charge in [-0.25, -0.2) is 9.59 Å². The zero-order valence-corrected chi connectivity index (χ0v) is 12.5. The van der Waals surface area contributed by atoms with Crippen molar-refractivity contribution in [2.45, 2.75) is 33.8 Å². The van der Waals surface area contributed by atoms with Crippen LogP contribution in [0.2, 0.25) is 0 Å². The Kier molecular flexibility index (Phi) is 19.2. The Morgan fingerprint density at radius 3 is 1.86 bits per heavy atom. The molecule has 0 spiro atoms. The molecule has 0 aliphatic carbocycles. The van der Waals surface area contributed by atoms with E-state index in [2.05, 4.69) is 20.1 Å². The summed E-state index contributed by atoms with van der Waals surface area (Å²) < 4.78 is 9.18. The Hall–Kier alpha value is -1.54. The van der Waals surface area contributed by atoms with Crippen molar-refractivity contribution in [3.8, 4) is 0 Å². The Morgan fingerprint density at radius 1 is 1.10 bits per heavy atom. The van der Waals surface area contributed by atoms with Crippen LogP contribution in [0.3, 0.4) is 0 Å². The van der Waals surface area contributed by atoms with Crippen LogP contribution in [0.25, 0.3) is 0 Å². The summed E-state index contributed by atoms with van der Waals surface area (Å²) in [4.78, 5) is 20.8. The quantitative estimate of drug-likeness (QED) is 0.574. The van der Waals surface area contributed by atoms with Gasteiger partial charge >= 0.3 is 12.2 Å². The molecule has 21 heavy (non-hydrogen) atoms. The lowest BCUT2D eigenvalue weighted by atomic mass is 10.2. The maximum atomic E-state index is 10.4. The highest BCUT2D eigenvalue weighted by Crippen LogP contribution is 1.92. The van der Waals surface area contributed by atoms with Crippen LogP contribution in [-0.4, -0.2) is 62.4 Å². The summed E-state index contributed by atoms with van der Waals surface area (Å²) in [5.74, 6) is 0.0114. The van der Waals surface area contributed by atoms with Crippen LogP contribution in [0, 0.1) is 5.92 Å². The molecule has 0 bridgehead atoms. The molecule has 0 rings (SSSR count). The van der Waals surface area contributed by atoms with E-state index in [1.54, 1.807) is 6.92 Å². The van der Waals surface area contributed by atoms with Crippen LogP contribution in [0.15, 0.2) is 0 Å². The van der Waals surface area contributed by atoms with E-state index in [1.165, 1.54) is 14.1 Å². The van der Waals surface area contributed by atoms with E-state index in [4.69, 9.17) is 10.2 Å². The second-order valence-electron chi connectivity index (χ2n) is 4.05. The zero-order chi connectivity index (χ0) is 16.0. The largest absolute Gasteiger partial charge is 0.449 e. The highest BCUT2D eigenvalue weighted by Gasteiger charge is 2.03. The summed E-state index contributed by atoms with van der Waals surface area (Å²) in [6, 6.07) is 0. The summed E-state index contributed by atoms with van der Waals surface area (Å²) in [6.45, 7) is 3.98. The Balaban J connectivity index is -0.000000295. The molecule has 2 amide bonds. The molecule has 2 unspecified atom stereocenters. The molecule has 128 valence electrons. The minimum absolute atomic E-state index is 0. The van der Waals surface area contributed by atoms with Gasteiger partial charge in [0.15, 0.2) is 0 Å². The van der Waals surface area contributed by atoms with Gasteiger partial charge in [-0.1, -0.05) is 21.3 Å². The maximum Gasteiger partial charge on any atom is 0.406 e. The maximum absolute atomic E-state index is 10.4. The van der Waals surface area contributed by atoms with Gasteiger partial charge in [-0.2, -0.15) is 0 Å². The van der Waals surface area contributed by atoms with Gasteiger partial charge in [0.05, 0.1) is 12.7 Å². The molecule has 8 heteroatoms. The fourth-order valence-electron chi connectivity index (χ4n) is 0.705. The third-order valence-electron chi connectivity index (χ3n) is 2.10. The van der Waals surface area contributed by atoms with Gasteiger partial charge in [0.2, 0.25) is 0 Å². The molecule has 0 aromatic rings. The van der Waals surface area contributed by atoms with E-state index in [1.807, 2.05) is 6.92 Å². The smallest absolute Gasteiger partial charge is 0.406 e. The van der Waals surface area contributed by atoms with Crippen LogP contribution in [0.1, 0.15) is 27.7 Å². The van der Waals surface area contributed by atoms with Gasteiger partial charge < -0.3 is 30.3 Å². The number of aliphatic hydroxyl groups excluding tert-OH is 2. The molecule has 0 radical (unpaired) electrons. The minimum atomic E-state index is -0.544. The van der Waals surface area contributed by atoms with E-state index < -0.39 is 18.3 Å². The number of alkyl carbamates (subject to hydrolysis) is 2. The van der Waals surface area contributed by atoms with E-state index in [0.29, 0.717) is 6.42 Å². The molecule has 0 fully saturated rings. The molecular weight excluding hydrogens is 280 g/mol. The Morgan fingerprint density at radius 2 is 1.52 bits per heavy atom. The summed E-state index contributed by atoms with van der Waals surface area (Å²) in [5, 5.41) is 22.0. The predicted octanol–water partition coefficient (Wildman–Crippen LogP) is 0.720. The normalized spacial score (nSPS) is 11.7. The second-order valence-corrected chi connectivity index (χ2v) is 4.05. The van der Waals surface area contributed by atoms with Gasteiger partial charge in [0.1, 0.15) is 6.61 Å². The van der Waals surface area contributed by atoms with Crippen LogP contribution in [0.4, 0.5) is 9.59 Å². The van der Waals surface area contributed by atoms with Crippen LogP contribution in [-0.2, 0) is 9.47 Å². The molecule has 4 N–H and O–H groups in total. The van der Waals surface area contributed by atoms with Crippen LogP contribution < -0.4 is 10.6 Å². The first-order chi connectivity index (χ1) is 9.40. The average molecular weight is 310 g/mol. The van der Waals surface area contributed by atoms with Crippen molar-refractivity contribution in [3.05, 3.63) is 0 Å². The van der Waals surface area contributed by atoms with Crippen molar-refractivity contribution in [2.24, 2.45) is 5.92 Å². The molecule has 0 saturated carbocycles. The molecule has 0 aromatic carbocycles. The number of carbonyl (C=O) groups is 2. The van der Waals surface area contributed by atoms with Gasteiger partial charge in [-0.3, -0.25) is 0 Å². The van der Waals surface area contributed by atoms with Crippen molar-refractivity contribution in [1.82, 2.24) is 10.6 Å². The molecule has 8 nitrogen and oxygen atoms in total. The predicted molar refractivity (Wildman–Crippen MR) is 80.1 cm³/mol. The average Bonchev–Trinajstić information content (AvgIpc) is 2.49. The molecule has 0 aliphatic heterocycles. The number of amides is 2. The zero-order valence-electron chi connectivity index (χ0n) is 12.5. The summed E-state index contributed by atoms with van der Waals surface area (Å²) >= 11 is 0. The lowest BCUT2D eigenvalue weighted by Gasteiger charge is -2.07. The van der Waals surface area contributed by atoms with E-state index in [0.717, 1.165) is 0 Å². The topological polar surface area (TPSA) is 117 Å². The first-order valence-corrected chi connectivity index (χ1v) is 6.39. The van der Waals surface area contributed by atoms with Gasteiger partial charge in [-0.15, -0.1) is 0 Å². The van der Waals surface area contributed by atoms with Crippen LogP contribution >= 0.6 is 0 Å². The van der Waals surface area contributed by atoms with Crippen molar-refractivity contribution in [3.63, 3.8) is 0 Å². The molecule has 2 atom stereocenters. The van der Waals surface area contributed by atoms with Gasteiger partial charge in [-0.05, 0) is 6.42 Å². The van der Waals surface area contributed by atoms with Gasteiger partial charge in [0.25, 0.3) is 0 Å².